The van der Waals surface area contributed by atoms with Gasteiger partial charge in [-0.3, -0.25) is 9.59 Å². The molecule has 1 aromatic heterocycles. The third kappa shape index (κ3) is 4.31. The molecule has 0 aliphatic carbocycles. The van der Waals surface area contributed by atoms with E-state index in [-0.39, 0.29) is 18.2 Å². The van der Waals surface area contributed by atoms with E-state index in [0.717, 1.165) is 22.6 Å². The minimum absolute atomic E-state index is 0.158. The molecule has 6 heteroatoms. The lowest BCUT2D eigenvalue weighted by molar-refractivity contribution is -0.131. The van der Waals surface area contributed by atoms with Crippen molar-refractivity contribution in [3.63, 3.8) is 0 Å². The minimum Gasteiger partial charge on any atom is -0.368 e. The zero-order valence-electron chi connectivity index (χ0n) is 16.2. The SMILES string of the molecule is Cc1nn(-c2ccccc2)c(C)c1CC(=O)NC(C)(CC(C)C)C(N)=O. The number of benzene rings is 1. The molecule has 2 aromatic rings. The fraction of sp³-hybridized carbons (Fsp3) is 0.450. The first-order chi connectivity index (χ1) is 12.1. The largest absolute Gasteiger partial charge is 0.368 e. The van der Waals surface area contributed by atoms with Crippen LogP contribution in [0.15, 0.2) is 30.3 Å². The fourth-order valence-electron chi connectivity index (χ4n) is 3.29. The molecular weight excluding hydrogens is 328 g/mol. The van der Waals surface area contributed by atoms with E-state index in [1.165, 1.54) is 0 Å². The molecule has 3 N–H and O–H groups in total. The monoisotopic (exact) mass is 356 g/mol. The Bertz CT molecular complexity index is 796. The third-order valence-electron chi connectivity index (χ3n) is 4.55. The van der Waals surface area contributed by atoms with Gasteiger partial charge in [0.05, 0.1) is 17.8 Å². The Morgan fingerprint density at radius 1 is 1.23 bits per heavy atom. The Kier molecular flexibility index (Phi) is 5.85. The van der Waals surface area contributed by atoms with E-state index in [1.807, 2.05) is 62.7 Å². The van der Waals surface area contributed by atoms with Crippen LogP contribution in [-0.4, -0.2) is 27.1 Å². The minimum atomic E-state index is -1.05. The van der Waals surface area contributed by atoms with Crippen LogP contribution in [0.3, 0.4) is 0 Å². The van der Waals surface area contributed by atoms with Gasteiger partial charge < -0.3 is 11.1 Å². The molecule has 1 aromatic carbocycles. The molecule has 0 radical (unpaired) electrons. The molecular formula is C20H28N4O2. The zero-order valence-corrected chi connectivity index (χ0v) is 16.2. The van der Waals surface area contributed by atoms with Crippen LogP contribution < -0.4 is 11.1 Å². The van der Waals surface area contributed by atoms with Gasteiger partial charge in [-0.15, -0.1) is 0 Å². The number of para-hydroxylation sites is 1. The summed E-state index contributed by atoms with van der Waals surface area (Å²) in [6.45, 7) is 9.49. The van der Waals surface area contributed by atoms with Gasteiger partial charge in [0.25, 0.3) is 0 Å². The summed E-state index contributed by atoms with van der Waals surface area (Å²) in [5.41, 5.74) is 8.00. The van der Waals surface area contributed by atoms with Gasteiger partial charge in [0.1, 0.15) is 5.54 Å². The predicted octanol–water partition coefficient (Wildman–Crippen LogP) is 2.44. The van der Waals surface area contributed by atoms with Crippen molar-refractivity contribution in [1.82, 2.24) is 15.1 Å². The molecule has 0 aliphatic rings. The number of hydrogen-bond acceptors (Lipinski definition) is 3. The van der Waals surface area contributed by atoms with E-state index in [1.54, 1.807) is 6.92 Å². The van der Waals surface area contributed by atoms with Gasteiger partial charge in [-0.05, 0) is 45.2 Å². The summed E-state index contributed by atoms with van der Waals surface area (Å²) in [4.78, 5) is 24.5. The first-order valence-electron chi connectivity index (χ1n) is 8.85. The van der Waals surface area contributed by atoms with Crippen LogP contribution in [0.1, 0.15) is 44.1 Å². The highest BCUT2D eigenvalue weighted by Crippen LogP contribution is 2.20. The summed E-state index contributed by atoms with van der Waals surface area (Å²) in [5.74, 6) is -0.518. The Morgan fingerprint density at radius 2 is 1.85 bits per heavy atom. The Balaban J connectivity index is 2.22. The van der Waals surface area contributed by atoms with Crippen molar-refractivity contribution < 1.29 is 9.59 Å². The first kappa shape index (κ1) is 19.7. The van der Waals surface area contributed by atoms with Crippen LogP contribution >= 0.6 is 0 Å². The molecule has 0 saturated heterocycles. The normalized spacial score (nSPS) is 13.5. The second kappa shape index (κ2) is 7.72. The van der Waals surface area contributed by atoms with Gasteiger partial charge in [0.15, 0.2) is 0 Å². The van der Waals surface area contributed by atoms with E-state index in [2.05, 4.69) is 10.4 Å². The second-order valence-corrected chi connectivity index (χ2v) is 7.42. The van der Waals surface area contributed by atoms with E-state index in [9.17, 15) is 9.59 Å². The van der Waals surface area contributed by atoms with Crippen molar-refractivity contribution in [2.24, 2.45) is 11.7 Å². The average Bonchev–Trinajstić information content (AvgIpc) is 2.82. The molecule has 0 bridgehead atoms. The average molecular weight is 356 g/mol. The summed E-state index contributed by atoms with van der Waals surface area (Å²) in [7, 11) is 0. The third-order valence-corrected chi connectivity index (χ3v) is 4.55. The number of primary amides is 1. The maximum absolute atomic E-state index is 12.6. The van der Waals surface area contributed by atoms with E-state index in [4.69, 9.17) is 5.73 Å². The number of carbonyl (C=O) groups is 2. The van der Waals surface area contributed by atoms with Crippen LogP contribution in [0, 0.1) is 19.8 Å². The number of nitrogens with two attached hydrogens (primary N) is 1. The molecule has 0 aliphatic heterocycles. The number of nitrogens with zero attached hydrogens (tertiary/aromatic N) is 2. The van der Waals surface area contributed by atoms with Crippen LogP contribution in [0.5, 0.6) is 0 Å². The standard InChI is InChI=1S/C20H28N4O2/c1-13(2)12-20(5,19(21)26)22-18(25)11-17-14(3)23-24(15(17)4)16-9-7-6-8-10-16/h6-10,13H,11-12H2,1-5H3,(H2,21,26)(H,22,25). The molecule has 1 heterocycles. The molecule has 2 amide bonds. The molecule has 0 spiro atoms. The maximum Gasteiger partial charge on any atom is 0.242 e. The number of rotatable bonds is 7. The van der Waals surface area contributed by atoms with Gasteiger partial charge in [-0.1, -0.05) is 32.0 Å². The number of aryl methyl sites for hydroxylation is 1. The van der Waals surface area contributed by atoms with Gasteiger partial charge in [0, 0.05) is 11.3 Å². The van der Waals surface area contributed by atoms with Gasteiger partial charge in [0.2, 0.25) is 11.8 Å². The fourth-order valence-corrected chi connectivity index (χ4v) is 3.29. The first-order valence-corrected chi connectivity index (χ1v) is 8.85. The second-order valence-electron chi connectivity index (χ2n) is 7.42. The topological polar surface area (TPSA) is 90.0 Å². The highest BCUT2D eigenvalue weighted by atomic mass is 16.2. The lowest BCUT2D eigenvalue weighted by Crippen LogP contribution is -2.56. The van der Waals surface area contributed by atoms with E-state index >= 15 is 0 Å². The molecule has 6 nitrogen and oxygen atoms in total. The summed E-state index contributed by atoms with van der Waals surface area (Å²) in [6, 6.07) is 9.78. The van der Waals surface area contributed by atoms with Crippen molar-refractivity contribution in [2.45, 2.75) is 53.0 Å². The Morgan fingerprint density at radius 3 is 2.38 bits per heavy atom. The predicted molar refractivity (Wildman–Crippen MR) is 102 cm³/mol. The molecule has 0 saturated carbocycles. The summed E-state index contributed by atoms with van der Waals surface area (Å²) < 4.78 is 1.83. The van der Waals surface area contributed by atoms with Crippen LogP contribution in [-0.2, 0) is 16.0 Å². The highest BCUT2D eigenvalue weighted by molar-refractivity contribution is 5.90. The molecule has 2 rings (SSSR count). The summed E-state index contributed by atoms with van der Waals surface area (Å²) in [5, 5.41) is 7.38. The molecule has 1 unspecified atom stereocenters. The number of hydrogen-bond donors (Lipinski definition) is 2. The van der Waals surface area contributed by atoms with E-state index in [0.29, 0.717) is 6.42 Å². The van der Waals surface area contributed by atoms with Crippen molar-refractivity contribution in [3.8, 4) is 5.69 Å². The zero-order chi connectivity index (χ0) is 19.5. The number of amides is 2. The quantitative estimate of drug-likeness (QED) is 0.798. The Labute approximate surface area is 154 Å². The van der Waals surface area contributed by atoms with Crippen molar-refractivity contribution in [1.29, 1.82) is 0 Å². The summed E-state index contributed by atoms with van der Waals surface area (Å²) >= 11 is 0. The van der Waals surface area contributed by atoms with Crippen molar-refractivity contribution >= 4 is 11.8 Å². The van der Waals surface area contributed by atoms with Crippen LogP contribution in [0.4, 0.5) is 0 Å². The van der Waals surface area contributed by atoms with Crippen LogP contribution in [0.25, 0.3) is 5.69 Å². The Hall–Kier alpha value is -2.63. The van der Waals surface area contributed by atoms with Gasteiger partial charge >= 0.3 is 0 Å². The lowest BCUT2D eigenvalue weighted by Gasteiger charge is -2.29. The van der Waals surface area contributed by atoms with Crippen molar-refractivity contribution in [2.75, 3.05) is 0 Å². The smallest absolute Gasteiger partial charge is 0.242 e. The lowest BCUT2D eigenvalue weighted by atomic mass is 9.89. The van der Waals surface area contributed by atoms with Gasteiger partial charge in [-0.2, -0.15) is 5.10 Å². The summed E-state index contributed by atoms with van der Waals surface area (Å²) in [6.07, 6.45) is 0.654. The van der Waals surface area contributed by atoms with E-state index < -0.39 is 11.4 Å². The molecule has 140 valence electrons. The number of aromatic nitrogens is 2. The number of carbonyl (C=O) groups excluding carboxylic acids is 2. The molecule has 1 atom stereocenters. The van der Waals surface area contributed by atoms with Crippen molar-refractivity contribution in [3.05, 3.63) is 47.3 Å². The highest BCUT2D eigenvalue weighted by Gasteiger charge is 2.33. The maximum atomic E-state index is 12.6. The van der Waals surface area contributed by atoms with Gasteiger partial charge in [-0.25, -0.2) is 4.68 Å². The van der Waals surface area contributed by atoms with Crippen LogP contribution in [0.2, 0.25) is 0 Å². The molecule has 26 heavy (non-hydrogen) atoms. The molecule has 0 fully saturated rings. The number of nitrogens with one attached hydrogen (secondary N) is 1.